The molecule has 2 nitrogen and oxygen atoms in total. The summed E-state index contributed by atoms with van der Waals surface area (Å²) < 4.78 is 5.41. The van der Waals surface area contributed by atoms with E-state index < -0.39 is 0 Å². The molecule has 0 spiro atoms. The lowest BCUT2D eigenvalue weighted by atomic mass is 9.90. The van der Waals surface area contributed by atoms with Crippen molar-refractivity contribution in [3.63, 3.8) is 0 Å². The van der Waals surface area contributed by atoms with Crippen LogP contribution in [-0.4, -0.2) is 13.7 Å². The fourth-order valence-corrected chi connectivity index (χ4v) is 3.18. The molecule has 0 aliphatic heterocycles. The van der Waals surface area contributed by atoms with E-state index in [1.807, 2.05) is 0 Å². The van der Waals surface area contributed by atoms with E-state index in [0.717, 1.165) is 0 Å². The van der Waals surface area contributed by atoms with Crippen molar-refractivity contribution >= 4 is 5.69 Å². The predicted molar refractivity (Wildman–Crippen MR) is 87.8 cm³/mol. The summed E-state index contributed by atoms with van der Waals surface area (Å²) >= 11 is 0. The molecule has 110 valence electrons. The second-order valence-corrected chi connectivity index (χ2v) is 5.71. The Morgan fingerprint density at radius 2 is 1.81 bits per heavy atom. The molecule has 2 heteroatoms. The lowest BCUT2D eigenvalue weighted by molar-refractivity contribution is 0.186. The van der Waals surface area contributed by atoms with Gasteiger partial charge in [-0.3, -0.25) is 0 Å². The summed E-state index contributed by atoms with van der Waals surface area (Å²) in [5.74, 6) is 0. The van der Waals surface area contributed by atoms with E-state index >= 15 is 0 Å². The summed E-state index contributed by atoms with van der Waals surface area (Å²) in [6.07, 6.45) is 5.01. The largest absolute Gasteiger partial charge is 0.382 e. The maximum absolute atomic E-state index is 5.41. The van der Waals surface area contributed by atoms with Crippen LogP contribution < -0.4 is 5.32 Å². The minimum Gasteiger partial charge on any atom is -0.382 e. The van der Waals surface area contributed by atoms with E-state index in [-0.39, 0.29) is 6.04 Å². The van der Waals surface area contributed by atoms with Crippen molar-refractivity contribution in [1.82, 2.24) is 0 Å². The third-order valence-electron chi connectivity index (χ3n) is 4.26. The van der Waals surface area contributed by atoms with Crippen LogP contribution in [0.25, 0.3) is 0 Å². The van der Waals surface area contributed by atoms with Crippen molar-refractivity contribution in [2.45, 2.75) is 31.7 Å². The molecule has 0 amide bonds. The third-order valence-corrected chi connectivity index (χ3v) is 4.26. The number of benzene rings is 2. The third kappa shape index (κ3) is 3.27. The molecule has 0 bridgehead atoms. The standard InChI is InChI=1S/C19H23NO/c1-21-14-19(16-9-3-2-4-10-16)20-18-13-7-11-15-8-5-6-12-17(15)18/h2-4,7,9-11,13,19-20H,5-6,8,12,14H2,1H3. The Hall–Kier alpha value is -1.80. The van der Waals surface area contributed by atoms with E-state index in [1.165, 1.54) is 48.1 Å². The zero-order valence-electron chi connectivity index (χ0n) is 12.6. The van der Waals surface area contributed by atoms with Crippen LogP contribution in [0.5, 0.6) is 0 Å². The van der Waals surface area contributed by atoms with Crippen molar-refractivity contribution in [1.29, 1.82) is 0 Å². The van der Waals surface area contributed by atoms with Gasteiger partial charge in [0.05, 0.1) is 12.6 Å². The molecule has 1 N–H and O–H groups in total. The normalized spacial score (nSPS) is 15.3. The Morgan fingerprint density at radius 1 is 1.00 bits per heavy atom. The van der Waals surface area contributed by atoms with Crippen molar-refractivity contribution in [2.75, 3.05) is 19.0 Å². The number of methoxy groups -OCH3 is 1. The zero-order chi connectivity index (χ0) is 14.5. The van der Waals surface area contributed by atoms with Gasteiger partial charge in [-0.1, -0.05) is 42.5 Å². The quantitative estimate of drug-likeness (QED) is 0.879. The Kier molecular flexibility index (Phi) is 4.56. The minimum absolute atomic E-state index is 0.199. The van der Waals surface area contributed by atoms with Crippen molar-refractivity contribution < 1.29 is 4.74 Å². The Bertz CT molecular complexity index is 579. The number of rotatable bonds is 5. The average molecular weight is 281 g/mol. The highest BCUT2D eigenvalue weighted by Crippen LogP contribution is 2.30. The molecule has 3 rings (SSSR count). The molecular weight excluding hydrogens is 258 g/mol. The SMILES string of the molecule is COCC(Nc1cccc2c1CCCC2)c1ccccc1. The summed E-state index contributed by atoms with van der Waals surface area (Å²) in [6, 6.07) is 17.4. The van der Waals surface area contributed by atoms with Crippen molar-refractivity contribution in [2.24, 2.45) is 0 Å². The maximum atomic E-state index is 5.41. The van der Waals surface area contributed by atoms with Crippen molar-refractivity contribution in [3.8, 4) is 0 Å². The highest BCUT2D eigenvalue weighted by Gasteiger charge is 2.16. The van der Waals surface area contributed by atoms with E-state index in [1.54, 1.807) is 7.11 Å². The first-order valence-electron chi connectivity index (χ1n) is 7.79. The number of fused-ring (bicyclic) bond motifs is 1. The molecule has 1 atom stereocenters. The molecule has 2 aromatic rings. The highest BCUT2D eigenvalue weighted by molar-refractivity contribution is 5.57. The second-order valence-electron chi connectivity index (χ2n) is 5.71. The lowest BCUT2D eigenvalue weighted by Crippen LogP contribution is -2.18. The summed E-state index contributed by atoms with van der Waals surface area (Å²) in [7, 11) is 1.76. The summed E-state index contributed by atoms with van der Waals surface area (Å²) in [4.78, 5) is 0. The number of anilines is 1. The molecule has 1 aliphatic rings. The topological polar surface area (TPSA) is 21.3 Å². The number of hydrogen-bond donors (Lipinski definition) is 1. The molecule has 0 saturated carbocycles. The first-order valence-corrected chi connectivity index (χ1v) is 7.79. The minimum atomic E-state index is 0.199. The van der Waals surface area contributed by atoms with Crippen LogP contribution in [0.2, 0.25) is 0 Å². The summed E-state index contributed by atoms with van der Waals surface area (Å²) in [5.41, 5.74) is 5.56. The molecule has 1 aliphatic carbocycles. The van der Waals surface area contributed by atoms with Crippen LogP contribution in [0.15, 0.2) is 48.5 Å². The van der Waals surface area contributed by atoms with Crippen LogP contribution in [-0.2, 0) is 17.6 Å². The first-order chi connectivity index (χ1) is 10.4. The zero-order valence-corrected chi connectivity index (χ0v) is 12.6. The van der Waals surface area contributed by atoms with Gasteiger partial charge in [0.15, 0.2) is 0 Å². The van der Waals surface area contributed by atoms with Crippen LogP contribution in [0.4, 0.5) is 5.69 Å². The molecule has 0 saturated heterocycles. The Balaban J connectivity index is 1.86. The van der Waals surface area contributed by atoms with E-state index in [4.69, 9.17) is 4.74 Å². The van der Waals surface area contributed by atoms with Gasteiger partial charge in [-0.05, 0) is 48.4 Å². The van der Waals surface area contributed by atoms with Gasteiger partial charge in [0, 0.05) is 12.8 Å². The average Bonchev–Trinajstić information content (AvgIpc) is 2.55. The molecule has 21 heavy (non-hydrogen) atoms. The van der Waals surface area contributed by atoms with Crippen LogP contribution in [0.1, 0.15) is 35.6 Å². The molecule has 0 fully saturated rings. The van der Waals surface area contributed by atoms with E-state index in [0.29, 0.717) is 6.61 Å². The smallest absolute Gasteiger partial charge is 0.0747 e. The van der Waals surface area contributed by atoms with Crippen LogP contribution in [0.3, 0.4) is 0 Å². The van der Waals surface area contributed by atoms with Crippen LogP contribution in [0, 0.1) is 0 Å². The van der Waals surface area contributed by atoms with Gasteiger partial charge in [-0.15, -0.1) is 0 Å². The van der Waals surface area contributed by atoms with E-state index in [9.17, 15) is 0 Å². The van der Waals surface area contributed by atoms with Gasteiger partial charge in [0.2, 0.25) is 0 Å². The fraction of sp³-hybridized carbons (Fsp3) is 0.368. The van der Waals surface area contributed by atoms with Gasteiger partial charge in [0.1, 0.15) is 0 Å². The highest BCUT2D eigenvalue weighted by atomic mass is 16.5. The molecule has 0 radical (unpaired) electrons. The molecule has 2 aromatic carbocycles. The molecular formula is C19H23NO. The molecule has 0 heterocycles. The number of hydrogen-bond acceptors (Lipinski definition) is 2. The predicted octanol–water partition coefficient (Wildman–Crippen LogP) is 4.37. The van der Waals surface area contributed by atoms with Gasteiger partial charge in [0.25, 0.3) is 0 Å². The number of nitrogens with one attached hydrogen (secondary N) is 1. The van der Waals surface area contributed by atoms with Gasteiger partial charge in [-0.25, -0.2) is 0 Å². The molecule has 1 unspecified atom stereocenters. The second kappa shape index (κ2) is 6.77. The van der Waals surface area contributed by atoms with Crippen LogP contribution >= 0.6 is 0 Å². The van der Waals surface area contributed by atoms with Gasteiger partial charge in [-0.2, -0.15) is 0 Å². The van der Waals surface area contributed by atoms with E-state index in [2.05, 4.69) is 53.8 Å². The Morgan fingerprint density at radius 3 is 2.62 bits per heavy atom. The van der Waals surface area contributed by atoms with Gasteiger partial charge < -0.3 is 10.1 Å². The first kappa shape index (κ1) is 14.2. The van der Waals surface area contributed by atoms with Gasteiger partial charge >= 0.3 is 0 Å². The Labute approximate surface area is 127 Å². The fourth-order valence-electron chi connectivity index (χ4n) is 3.18. The number of ether oxygens (including phenoxy) is 1. The monoisotopic (exact) mass is 281 g/mol. The summed E-state index contributed by atoms with van der Waals surface area (Å²) in [6.45, 7) is 0.674. The number of aryl methyl sites for hydroxylation is 1. The molecule has 0 aromatic heterocycles. The summed E-state index contributed by atoms with van der Waals surface area (Å²) in [5, 5.41) is 3.70. The lowest BCUT2D eigenvalue weighted by Gasteiger charge is -2.25. The van der Waals surface area contributed by atoms with Crippen molar-refractivity contribution in [3.05, 3.63) is 65.2 Å². The maximum Gasteiger partial charge on any atom is 0.0747 e.